The van der Waals surface area contributed by atoms with E-state index in [4.69, 9.17) is 15.2 Å². The number of rotatable bonds is 6. The third kappa shape index (κ3) is 4.25. The molecule has 0 saturated heterocycles. The van der Waals surface area contributed by atoms with Crippen molar-refractivity contribution in [2.24, 2.45) is 5.92 Å². The number of methoxy groups -OCH3 is 1. The molecule has 0 aliphatic rings. The van der Waals surface area contributed by atoms with Gasteiger partial charge < -0.3 is 15.2 Å². The lowest BCUT2D eigenvalue weighted by molar-refractivity contribution is -0.139. The average molecular weight is 299 g/mol. The number of ether oxygens (including phenoxy) is 2. The van der Waals surface area contributed by atoms with Gasteiger partial charge in [-0.2, -0.15) is 0 Å². The third-order valence-corrected chi connectivity index (χ3v) is 3.55. The van der Waals surface area contributed by atoms with E-state index < -0.39 is 0 Å². The Morgan fingerprint density at radius 2 is 1.82 bits per heavy atom. The van der Waals surface area contributed by atoms with Crippen molar-refractivity contribution in [1.82, 2.24) is 0 Å². The van der Waals surface area contributed by atoms with Crippen LogP contribution in [0.25, 0.3) is 0 Å². The van der Waals surface area contributed by atoms with E-state index in [2.05, 4.69) is 0 Å². The van der Waals surface area contributed by atoms with E-state index in [1.807, 2.05) is 37.3 Å². The average Bonchev–Trinajstić information content (AvgIpc) is 2.54. The molecule has 0 aliphatic heterocycles. The van der Waals surface area contributed by atoms with E-state index in [1.165, 1.54) is 0 Å². The van der Waals surface area contributed by atoms with Crippen LogP contribution in [0, 0.1) is 5.92 Å². The van der Waals surface area contributed by atoms with E-state index >= 15 is 0 Å². The molecule has 2 rings (SSSR count). The molecule has 0 spiro atoms. The second-order valence-electron chi connectivity index (χ2n) is 5.15. The van der Waals surface area contributed by atoms with Crippen molar-refractivity contribution in [1.29, 1.82) is 0 Å². The number of benzene rings is 2. The maximum Gasteiger partial charge on any atom is 0.314 e. The van der Waals surface area contributed by atoms with Gasteiger partial charge in [-0.15, -0.1) is 0 Å². The SMILES string of the molecule is CCC(Cc1ccc(N)cc1)C(=O)Oc1cccc(OC)c1. The predicted molar refractivity (Wildman–Crippen MR) is 87.0 cm³/mol. The monoisotopic (exact) mass is 299 g/mol. The summed E-state index contributed by atoms with van der Waals surface area (Å²) in [4.78, 5) is 12.3. The van der Waals surface area contributed by atoms with Crippen LogP contribution in [0.3, 0.4) is 0 Å². The first-order valence-electron chi connectivity index (χ1n) is 7.32. The van der Waals surface area contributed by atoms with Crippen LogP contribution in [-0.2, 0) is 11.2 Å². The van der Waals surface area contributed by atoms with Gasteiger partial charge in [0.15, 0.2) is 0 Å². The van der Waals surface area contributed by atoms with Crippen molar-refractivity contribution in [3.05, 3.63) is 54.1 Å². The van der Waals surface area contributed by atoms with Crippen LogP contribution in [0.2, 0.25) is 0 Å². The molecule has 0 aliphatic carbocycles. The van der Waals surface area contributed by atoms with Gasteiger partial charge in [0.1, 0.15) is 11.5 Å². The van der Waals surface area contributed by atoms with Crippen LogP contribution in [0.5, 0.6) is 11.5 Å². The van der Waals surface area contributed by atoms with Gasteiger partial charge in [-0.25, -0.2) is 0 Å². The summed E-state index contributed by atoms with van der Waals surface area (Å²) in [5, 5.41) is 0. The second-order valence-corrected chi connectivity index (χ2v) is 5.15. The minimum Gasteiger partial charge on any atom is -0.497 e. The summed E-state index contributed by atoms with van der Waals surface area (Å²) in [5.41, 5.74) is 7.47. The first-order chi connectivity index (χ1) is 10.6. The van der Waals surface area contributed by atoms with Gasteiger partial charge in [0.25, 0.3) is 0 Å². The molecule has 0 amide bonds. The first-order valence-corrected chi connectivity index (χ1v) is 7.32. The van der Waals surface area contributed by atoms with Crippen molar-refractivity contribution in [3.8, 4) is 11.5 Å². The molecule has 2 aromatic rings. The lowest BCUT2D eigenvalue weighted by Crippen LogP contribution is -2.22. The molecule has 0 aromatic heterocycles. The van der Waals surface area contributed by atoms with Gasteiger partial charge in [-0.05, 0) is 42.7 Å². The normalized spacial score (nSPS) is 11.7. The highest BCUT2D eigenvalue weighted by atomic mass is 16.5. The number of esters is 1. The largest absolute Gasteiger partial charge is 0.497 e. The molecular formula is C18H21NO3. The summed E-state index contributed by atoms with van der Waals surface area (Å²) in [5.74, 6) is 0.749. The number of hydrogen-bond donors (Lipinski definition) is 1. The predicted octanol–water partition coefficient (Wildman–Crippen LogP) is 3.45. The smallest absolute Gasteiger partial charge is 0.314 e. The molecule has 0 heterocycles. The number of carbonyl (C=O) groups excluding carboxylic acids is 1. The third-order valence-electron chi connectivity index (χ3n) is 3.55. The molecule has 0 fully saturated rings. The topological polar surface area (TPSA) is 61.6 Å². The molecule has 0 saturated carbocycles. The zero-order chi connectivity index (χ0) is 15.9. The molecule has 2 aromatic carbocycles. The standard InChI is InChI=1S/C18H21NO3/c1-3-14(11-13-7-9-15(19)10-8-13)18(20)22-17-6-4-5-16(12-17)21-2/h4-10,12,14H,3,11,19H2,1-2H3. The number of anilines is 1. The lowest BCUT2D eigenvalue weighted by Gasteiger charge is -2.14. The number of hydrogen-bond acceptors (Lipinski definition) is 4. The molecule has 1 unspecified atom stereocenters. The maximum absolute atomic E-state index is 12.3. The first kappa shape index (κ1) is 15.9. The lowest BCUT2D eigenvalue weighted by atomic mass is 9.97. The van der Waals surface area contributed by atoms with Crippen LogP contribution in [0.4, 0.5) is 5.69 Å². The van der Waals surface area contributed by atoms with Gasteiger partial charge in [0.2, 0.25) is 0 Å². The summed E-state index contributed by atoms with van der Waals surface area (Å²) in [7, 11) is 1.58. The minimum atomic E-state index is -0.229. The molecule has 0 bridgehead atoms. The van der Waals surface area contributed by atoms with Gasteiger partial charge >= 0.3 is 5.97 Å². The Balaban J connectivity index is 2.03. The Labute approximate surface area is 130 Å². The van der Waals surface area contributed by atoms with E-state index in [1.54, 1.807) is 25.3 Å². The molecule has 1 atom stereocenters. The quantitative estimate of drug-likeness (QED) is 0.504. The Kier molecular flexibility index (Phi) is 5.42. The van der Waals surface area contributed by atoms with Gasteiger partial charge in [-0.1, -0.05) is 25.1 Å². The summed E-state index contributed by atoms with van der Waals surface area (Å²) < 4.78 is 10.6. The van der Waals surface area contributed by atoms with E-state index in [0.29, 0.717) is 24.3 Å². The van der Waals surface area contributed by atoms with E-state index in [0.717, 1.165) is 11.3 Å². The van der Waals surface area contributed by atoms with Crippen LogP contribution in [-0.4, -0.2) is 13.1 Å². The van der Waals surface area contributed by atoms with Gasteiger partial charge in [-0.3, -0.25) is 4.79 Å². The van der Waals surface area contributed by atoms with Crippen molar-refractivity contribution in [3.63, 3.8) is 0 Å². The summed E-state index contributed by atoms with van der Waals surface area (Å²) in [6.07, 6.45) is 1.35. The molecule has 4 nitrogen and oxygen atoms in total. The van der Waals surface area contributed by atoms with Crippen LogP contribution in [0.1, 0.15) is 18.9 Å². The molecule has 4 heteroatoms. The number of nitrogens with two attached hydrogens (primary N) is 1. The summed E-state index contributed by atoms with van der Waals surface area (Å²) >= 11 is 0. The highest BCUT2D eigenvalue weighted by Gasteiger charge is 2.19. The fourth-order valence-corrected chi connectivity index (χ4v) is 2.20. The van der Waals surface area contributed by atoms with E-state index in [-0.39, 0.29) is 11.9 Å². The number of nitrogen functional groups attached to an aromatic ring is 1. The van der Waals surface area contributed by atoms with Crippen molar-refractivity contribution in [2.75, 3.05) is 12.8 Å². The molecule has 0 radical (unpaired) electrons. The molecule has 22 heavy (non-hydrogen) atoms. The zero-order valence-corrected chi connectivity index (χ0v) is 12.9. The Hall–Kier alpha value is -2.49. The van der Waals surface area contributed by atoms with Crippen molar-refractivity contribution in [2.45, 2.75) is 19.8 Å². The van der Waals surface area contributed by atoms with Gasteiger partial charge in [0, 0.05) is 11.8 Å². The van der Waals surface area contributed by atoms with Crippen LogP contribution >= 0.6 is 0 Å². The second kappa shape index (κ2) is 7.50. The fourth-order valence-electron chi connectivity index (χ4n) is 2.20. The number of carbonyl (C=O) groups is 1. The van der Waals surface area contributed by atoms with Gasteiger partial charge in [0.05, 0.1) is 13.0 Å². The maximum atomic E-state index is 12.3. The Morgan fingerprint density at radius 1 is 1.14 bits per heavy atom. The fraction of sp³-hybridized carbons (Fsp3) is 0.278. The molecule has 116 valence electrons. The molecular weight excluding hydrogens is 278 g/mol. The van der Waals surface area contributed by atoms with Crippen LogP contribution in [0.15, 0.2) is 48.5 Å². The van der Waals surface area contributed by atoms with E-state index in [9.17, 15) is 4.79 Å². The van der Waals surface area contributed by atoms with Crippen LogP contribution < -0.4 is 15.2 Å². The van der Waals surface area contributed by atoms with Crippen molar-refractivity contribution >= 4 is 11.7 Å². The summed E-state index contributed by atoms with van der Waals surface area (Å²) in [6.45, 7) is 1.98. The molecule has 2 N–H and O–H groups in total. The highest BCUT2D eigenvalue weighted by molar-refractivity contribution is 5.75. The zero-order valence-electron chi connectivity index (χ0n) is 12.9. The Bertz CT molecular complexity index is 622. The summed E-state index contributed by atoms with van der Waals surface area (Å²) in [6, 6.07) is 14.6. The van der Waals surface area contributed by atoms with Crippen molar-refractivity contribution < 1.29 is 14.3 Å². The highest BCUT2D eigenvalue weighted by Crippen LogP contribution is 2.22. The minimum absolute atomic E-state index is 0.185. The Morgan fingerprint density at radius 3 is 2.45 bits per heavy atom.